The van der Waals surface area contributed by atoms with E-state index in [1.54, 1.807) is 60.4 Å². The maximum Gasteiger partial charge on any atom is 0.254 e. The number of carbonyl (C=O) groups is 2. The Morgan fingerprint density at radius 1 is 1.09 bits per heavy atom. The molecular weight excluding hydrogens is 432 g/mol. The molecule has 1 saturated heterocycles. The number of aromatic nitrogens is 2. The topological polar surface area (TPSA) is 97.6 Å². The average molecular weight is 455 g/mol. The number of anilines is 1. The van der Waals surface area contributed by atoms with Gasteiger partial charge in [0.25, 0.3) is 5.89 Å². The highest BCUT2D eigenvalue weighted by Crippen LogP contribution is 2.23. The van der Waals surface area contributed by atoms with Crippen molar-refractivity contribution < 1.29 is 18.7 Å². The molecule has 1 N–H and O–H groups in total. The third-order valence-corrected chi connectivity index (χ3v) is 5.61. The van der Waals surface area contributed by atoms with Crippen molar-refractivity contribution in [3.63, 3.8) is 0 Å². The number of likely N-dealkylation sites (tertiary alicyclic amines) is 1. The largest absolute Gasteiger partial charge is 0.484 e. The van der Waals surface area contributed by atoms with Crippen LogP contribution in [-0.2, 0) is 16.2 Å². The zero-order valence-electron chi connectivity index (χ0n) is 17.6. The van der Waals surface area contributed by atoms with Crippen molar-refractivity contribution in [2.45, 2.75) is 26.4 Å². The van der Waals surface area contributed by atoms with Crippen molar-refractivity contribution in [2.75, 3.05) is 18.4 Å². The summed E-state index contributed by atoms with van der Waals surface area (Å²) >= 11 is 5.89. The summed E-state index contributed by atoms with van der Waals surface area (Å²) < 4.78 is 11.3. The third-order valence-electron chi connectivity index (χ3n) is 5.35. The number of halogens is 1. The van der Waals surface area contributed by atoms with Crippen LogP contribution in [0.25, 0.3) is 11.5 Å². The molecule has 0 bridgehead atoms. The van der Waals surface area contributed by atoms with Crippen molar-refractivity contribution >= 4 is 29.1 Å². The average Bonchev–Trinajstić information content (AvgIpc) is 3.28. The molecule has 3 aromatic rings. The first kappa shape index (κ1) is 21.8. The van der Waals surface area contributed by atoms with Gasteiger partial charge in [0.05, 0.1) is 0 Å². The van der Waals surface area contributed by atoms with Gasteiger partial charge in [-0.1, -0.05) is 11.6 Å². The zero-order valence-corrected chi connectivity index (χ0v) is 18.3. The number of ether oxygens (including phenoxy) is 1. The van der Waals surface area contributed by atoms with Crippen LogP contribution in [0.2, 0.25) is 5.02 Å². The van der Waals surface area contributed by atoms with Gasteiger partial charge in [0.15, 0.2) is 6.61 Å². The molecule has 1 fully saturated rings. The van der Waals surface area contributed by atoms with E-state index >= 15 is 0 Å². The molecule has 9 heteroatoms. The first-order valence-electron chi connectivity index (χ1n) is 10.4. The van der Waals surface area contributed by atoms with Crippen molar-refractivity contribution in [3.05, 3.63) is 59.4 Å². The summed E-state index contributed by atoms with van der Waals surface area (Å²) in [5, 5.41) is 11.6. The van der Waals surface area contributed by atoms with Gasteiger partial charge >= 0.3 is 0 Å². The number of hydrogen-bond donors (Lipinski definition) is 1. The van der Waals surface area contributed by atoms with E-state index in [-0.39, 0.29) is 24.3 Å². The molecule has 2 aromatic carbocycles. The number of amides is 2. The normalized spacial score (nSPS) is 14.2. The molecular formula is C23H23ClN4O4. The van der Waals surface area contributed by atoms with E-state index in [1.165, 1.54) is 0 Å². The summed E-state index contributed by atoms with van der Waals surface area (Å²) in [5.74, 6) is 1.30. The smallest absolute Gasteiger partial charge is 0.254 e. The van der Waals surface area contributed by atoms with Gasteiger partial charge in [-0.05, 0) is 61.4 Å². The van der Waals surface area contributed by atoms with Gasteiger partial charge in [-0.25, -0.2) is 0 Å². The second-order valence-electron chi connectivity index (χ2n) is 7.59. The van der Waals surface area contributed by atoms with E-state index in [0.717, 1.165) is 5.56 Å². The van der Waals surface area contributed by atoms with Crippen LogP contribution >= 0.6 is 11.6 Å². The second-order valence-corrected chi connectivity index (χ2v) is 8.03. The minimum Gasteiger partial charge on any atom is -0.484 e. The molecule has 4 rings (SSSR count). The minimum atomic E-state index is -0.0890. The molecule has 8 nitrogen and oxygen atoms in total. The van der Waals surface area contributed by atoms with E-state index < -0.39 is 0 Å². The monoisotopic (exact) mass is 454 g/mol. The van der Waals surface area contributed by atoms with Crippen molar-refractivity contribution in [2.24, 2.45) is 5.92 Å². The quantitative estimate of drug-likeness (QED) is 0.600. The highest BCUT2D eigenvalue weighted by atomic mass is 35.5. The van der Waals surface area contributed by atoms with Gasteiger partial charge in [0, 0.05) is 42.2 Å². The number of carbonyl (C=O) groups excluding carboxylic acids is 2. The molecule has 1 aromatic heterocycles. The lowest BCUT2D eigenvalue weighted by molar-refractivity contribution is -0.132. The van der Waals surface area contributed by atoms with Crippen LogP contribution in [0.5, 0.6) is 5.75 Å². The summed E-state index contributed by atoms with van der Waals surface area (Å²) in [6.07, 6.45) is 1.35. The Balaban J connectivity index is 1.27. The Hall–Kier alpha value is -3.39. The van der Waals surface area contributed by atoms with Gasteiger partial charge < -0.3 is 19.4 Å². The first-order chi connectivity index (χ1) is 15.5. The van der Waals surface area contributed by atoms with Gasteiger partial charge in [0.1, 0.15) is 5.75 Å². The van der Waals surface area contributed by atoms with E-state index in [2.05, 4.69) is 15.5 Å². The number of benzene rings is 2. The molecule has 0 atom stereocenters. The number of nitrogens with one attached hydrogen (secondary N) is 1. The fourth-order valence-electron chi connectivity index (χ4n) is 3.50. The zero-order chi connectivity index (χ0) is 22.5. The van der Waals surface area contributed by atoms with Gasteiger partial charge in [-0.15, -0.1) is 10.2 Å². The molecule has 166 valence electrons. The van der Waals surface area contributed by atoms with E-state index in [4.69, 9.17) is 20.8 Å². The molecule has 0 saturated carbocycles. The SMILES string of the molecule is CC(=O)N1CCC(C(=O)Nc2ccc(OCc3nnc(-c4ccc(Cl)cc4)o3)cc2)CC1. The molecule has 32 heavy (non-hydrogen) atoms. The summed E-state index contributed by atoms with van der Waals surface area (Å²) in [6, 6.07) is 14.2. The van der Waals surface area contributed by atoms with Crippen LogP contribution < -0.4 is 10.1 Å². The Morgan fingerprint density at radius 3 is 2.44 bits per heavy atom. The van der Waals surface area contributed by atoms with E-state index in [1.807, 2.05) is 0 Å². The van der Waals surface area contributed by atoms with E-state index in [0.29, 0.717) is 54.2 Å². The van der Waals surface area contributed by atoms with Crippen LogP contribution in [0.4, 0.5) is 5.69 Å². The first-order valence-corrected chi connectivity index (χ1v) is 10.7. The molecule has 2 amide bonds. The van der Waals surface area contributed by atoms with Crippen LogP contribution in [0, 0.1) is 5.92 Å². The Labute approximate surface area is 190 Å². The van der Waals surface area contributed by atoms with Gasteiger partial charge in [-0.3, -0.25) is 9.59 Å². The van der Waals surface area contributed by atoms with E-state index in [9.17, 15) is 9.59 Å². The second kappa shape index (κ2) is 9.82. The van der Waals surface area contributed by atoms with Crippen LogP contribution in [0.15, 0.2) is 52.9 Å². The molecule has 0 unspecified atom stereocenters. The maximum absolute atomic E-state index is 12.5. The fraction of sp³-hybridized carbons (Fsp3) is 0.304. The van der Waals surface area contributed by atoms with Crippen molar-refractivity contribution in [1.29, 1.82) is 0 Å². The molecule has 2 heterocycles. The predicted octanol–water partition coefficient (Wildman–Crippen LogP) is 4.17. The summed E-state index contributed by atoms with van der Waals surface area (Å²) in [4.78, 5) is 25.7. The van der Waals surface area contributed by atoms with Gasteiger partial charge in [0.2, 0.25) is 17.7 Å². The molecule has 1 aliphatic rings. The maximum atomic E-state index is 12.5. The molecule has 0 spiro atoms. The molecule has 0 radical (unpaired) electrons. The number of rotatable bonds is 6. The lowest BCUT2D eigenvalue weighted by atomic mass is 9.96. The van der Waals surface area contributed by atoms with Crippen LogP contribution in [-0.4, -0.2) is 40.0 Å². The highest BCUT2D eigenvalue weighted by molar-refractivity contribution is 6.30. The number of hydrogen-bond acceptors (Lipinski definition) is 6. The molecule has 1 aliphatic heterocycles. The number of piperidine rings is 1. The summed E-state index contributed by atoms with van der Waals surface area (Å²) in [7, 11) is 0. The standard InChI is InChI=1S/C23H23ClN4O4/c1-15(29)28-12-10-16(11-13-28)22(30)25-19-6-8-20(9-7-19)31-14-21-26-27-23(32-21)17-2-4-18(24)5-3-17/h2-9,16H,10-14H2,1H3,(H,25,30). The van der Waals surface area contributed by atoms with Crippen LogP contribution in [0.1, 0.15) is 25.7 Å². The van der Waals surface area contributed by atoms with Crippen molar-refractivity contribution in [3.8, 4) is 17.2 Å². The highest BCUT2D eigenvalue weighted by Gasteiger charge is 2.26. The summed E-state index contributed by atoms with van der Waals surface area (Å²) in [5.41, 5.74) is 1.47. The minimum absolute atomic E-state index is 0.0255. The molecule has 0 aliphatic carbocycles. The Kier molecular flexibility index (Phi) is 6.70. The predicted molar refractivity (Wildman–Crippen MR) is 119 cm³/mol. The van der Waals surface area contributed by atoms with Crippen LogP contribution in [0.3, 0.4) is 0 Å². The van der Waals surface area contributed by atoms with Gasteiger partial charge in [-0.2, -0.15) is 0 Å². The lowest BCUT2D eigenvalue weighted by Gasteiger charge is -2.30. The summed E-state index contributed by atoms with van der Waals surface area (Å²) in [6.45, 7) is 2.92. The lowest BCUT2D eigenvalue weighted by Crippen LogP contribution is -2.40. The Bertz CT molecular complexity index is 1070. The fourth-order valence-corrected chi connectivity index (χ4v) is 3.63. The third kappa shape index (κ3) is 5.45. The Morgan fingerprint density at radius 2 is 1.78 bits per heavy atom. The van der Waals surface area contributed by atoms with Crippen molar-refractivity contribution in [1.82, 2.24) is 15.1 Å². The number of nitrogens with zero attached hydrogens (tertiary/aromatic N) is 3.